The lowest BCUT2D eigenvalue weighted by Gasteiger charge is -2.15. The van der Waals surface area contributed by atoms with Gasteiger partial charge >= 0.3 is 0 Å². The van der Waals surface area contributed by atoms with Crippen LogP contribution in [0.15, 0.2) is 12.1 Å². The second-order valence-corrected chi connectivity index (χ2v) is 3.62. The van der Waals surface area contributed by atoms with Crippen molar-refractivity contribution in [1.29, 1.82) is 0 Å². The van der Waals surface area contributed by atoms with E-state index in [1.165, 1.54) is 6.07 Å². The Morgan fingerprint density at radius 2 is 2.06 bits per heavy atom. The monoisotopic (exact) mass is 228 g/mol. The van der Waals surface area contributed by atoms with Crippen LogP contribution >= 0.6 is 0 Å². The highest BCUT2D eigenvalue weighted by atomic mass is 19.1. The van der Waals surface area contributed by atoms with E-state index in [-0.39, 0.29) is 24.2 Å². The molecule has 1 aromatic carbocycles. The lowest BCUT2D eigenvalue weighted by molar-refractivity contribution is 0.221. The topological polar surface area (TPSA) is 38.7 Å². The van der Waals surface area contributed by atoms with Crippen LogP contribution in [0.5, 0.6) is 11.5 Å². The van der Waals surface area contributed by atoms with Gasteiger partial charge in [-0.1, -0.05) is 0 Å². The van der Waals surface area contributed by atoms with Gasteiger partial charge in [0.05, 0.1) is 19.3 Å². The number of rotatable bonds is 5. The van der Waals surface area contributed by atoms with E-state index in [1.54, 1.807) is 13.0 Å². The molecule has 3 nitrogen and oxygen atoms in total. The van der Waals surface area contributed by atoms with Gasteiger partial charge in [0.25, 0.3) is 0 Å². The Morgan fingerprint density at radius 1 is 1.38 bits per heavy atom. The molecule has 0 saturated carbocycles. The molecule has 0 aliphatic rings. The quantitative estimate of drug-likeness (QED) is 0.841. The minimum Gasteiger partial charge on any atom is -0.490 e. The average molecular weight is 228 g/mol. The zero-order valence-corrected chi connectivity index (χ0v) is 9.79. The van der Waals surface area contributed by atoms with E-state index in [4.69, 9.17) is 14.6 Å². The molecule has 0 aromatic heterocycles. The van der Waals surface area contributed by atoms with Gasteiger partial charge in [-0.3, -0.25) is 0 Å². The van der Waals surface area contributed by atoms with Gasteiger partial charge in [-0.05, 0) is 32.9 Å². The Morgan fingerprint density at radius 3 is 2.56 bits per heavy atom. The number of aliphatic hydroxyl groups is 1. The molecular formula is C12H17FO3. The van der Waals surface area contributed by atoms with Crippen LogP contribution in [0.1, 0.15) is 26.3 Å². The van der Waals surface area contributed by atoms with Crippen molar-refractivity contribution in [2.75, 3.05) is 6.61 Å². The molecule has 0 heterocycles. The predicted molar refractivity (Wildman–Crippen MR) is 59.3 cm³/mol. The molecule has 0 atom stereocenters. The molecule has 0 aliphatic heterocycles. The molecule has 1 N–H and O–H groups in total. The maximum Gasteiger partial charge on any atom is 0.207 e. The largest absolute Gasteiger partial charge is 0.490 e. The van der Waals surface area contributed by atoms with E-state index in [0.717, 1.165) is 0 Å². The van der Waals surface area contributed by atoms with Crippen molar-refractivity contribution < 1.29 is 19.0 Å². The van der Waals surface area contributed by atoms with Gasteiger partial charge in [-0.25, -0.2) is 0 Å². The zero-order chi connectivity index (χ0) is 12.1. The minimum atomic E-state index is -0.554. The molecule has 0 saturated heterocycles. The Labute approximate surface area is 94.8 Å². The van der Waals surface area contributed by atoms with E-state index >= 15 is 0 Å². The summed E-state index contributed by atoms with van der Waals surface area (Å²) in [7, 11) is 0. The fourth-order valence-corrected chi connectivity index (χ4v) is 1.35. The maximum absolute atomic E-state index is 13.9. The van der Waals surface area contributed by atoms with Crippen molar-refractivity contribution >= 4 is 0 Å². The highest BCUT2D eigenvalue weighted by Crippen LogP contribution is 2.31. The minimum absolute atomic E-state index is 0.0724. The summed E-state index contributed by atoms with van der Waals surface area (Å²) in [4.78, 5) is 0. The van der Waals surface area contributed by atoms with Crippen LogP contribution < -0.4 is 9.47 Å². The number of halogens is 1. The van der Waals surface area contributed by atoms with Gasteiger partial charge < -0.3 is 14.6 Å². The Hall–Kier alpha value is -1.29. The lowest BCUT2D eigenvalue weighted by atomic mass is 10.2. The highest BCUT2D eigenvalue weighted by molar-refractivity contribution is 5.42. The number of aliphatic hydroxyl groups excluding tert-OH is 1. The first-order valence-corrected chi connectivity index (χ1v) is 5.31. The van der Waals surface area contributed by atoms with E-state index in [2.05, 4.69) is 0 Å². The fraction of sp³-hybridized carbons (Fsp3) is 0.500. The van der Waals surface area contributed by atoms with Crippen molar-refractivity contribution in [1.82, 2.24) is 0 Å². The summed E-state index contributed by atoms with van der Waals surface area (Å²) >= 11 is 0. The summed E-state index contributed by atoms with van der Waals surface area (Å²) in [6.07, 6.45) is -0.107. The fourth-order valence-electron chi connectivity index (χ4n) is 1.35. The van der Waals surface area contributed by atoms with Gasteiger partial charge in [-0.15, -0.1) is 0 Å². The van der Waals surface area contributed by atoms with Gasteiger partial charge in [-0.2, -0.15) is 4.39 Å². The van der Waals surface area contributed by atoms with Crippen molar-refractivity contribution in [3.63, 3.8) is 0 Å². The summed E-state index contributed by atoms with van der Waals surface area (Å²) in [6.45, 7) is 5.49. The highest BCUT2D eigenvalue weighted by Gasteiger charge is 2.15. The molecule has 0 fully saturated rings. The predicted octanol–water partition coefficient (Wildman–Crippen LogP) is 2.50. The molecule has 1 rings (SSSR count). The Bertz CT molecular complexity index is 350. The molecular weight excluding hydrogens is 211 g/mol. The van der Waals surface area contributed by atoms with E-state index in [9.17, 15) is 4.39 Å². The Balaban J connectivity index is 3.09. The van der Waals surface area contributed by atoms with Crippen LogP contribution in [-0.2, 0) is 6.61 Å². The van der Waals surface area contributed by atoms with E-state index in [1.807, 2.05) is 13.8 Å². The molecule has 4 heteroatoms. The summed E-state index contributed by atoms with van der Waals surface area (Å²) in [5, 5.41) is 9.05. The van der Waals surface area contributed by atoms with Crippen molar-refractivity contribution in [2.45, 2.75) is 33.5 Å². The molecule has 90 valence electrons. The van der Waals surface area contributed by atoms with Gasteiger partial charge in [0.1, 0.15) is 0 Å². The first-order valence-electron chi connectivity index (χ1n) is 5.31. The smallest absolute Gasteiger partial charge is 0.207 e. The molecule has 0 radical (unpaired) electrons. The van der Waals surface area contributed by atoms with Gasteiger partial charge in [0.2, 0.25) is 5.82 Å². The summed E-state index contributed by atoms with van der Waals surface area (Å²) in [5.41, 5.74) is 0.426. The van der Waals surface area contributed by atoms with Crippen LogP contribution in [-0.4, -0.2) is 17.8 Å². The first kappa shape index (κ1) is 12.8. The molecule has 1 aromatic rings. The molecule has 0 bridgehead atoms. The average Bonchev–Trinajstić information content (AvgIpc) is 2.24. The third-order valence-electron chi connectivity index (χ3n) is 1.96. The molecule has 0 amide bonds. The second kappa shape index (κ2) is 5.70. The zero-order valence-electron chi connectivity index (χ0n) is 9.79. The van der Waals surface area contributed by atoms with Crippen molar-refractivity contribution in [2.24, 2.45) is 0 Å². The van der Waals surface area contributed by atoms with Gasteiger partial charge in [0.15, 0.2) is 11.5 Å². The normalized spacial score (nSPS) is 10.6. The molecule has 0 unspecified atom stereocenters. The van der Waals surface area contributed by atoms with E-state index in [0.29, 0.717) is 12.2 Å². The number of benzene rings is 1. The maximum atomic E-state index is 13.9. The number of ether oxygens (including phenoxy) is 2. The van der Waals surface area contributed by atoms with Crippen LogP contribution in [0.4, 0.5) is 4.39 Å². The Kier molecular flexibility index (Phi) is 4.55. The van der Waals surface area contributed by atoms with Gasteiger partial charge in [0, 0.05) is 5.56 Å². The molecule has 0 spiro atoms. The summed E-state index contributed by atoms with van der Waals surface area (Å²) in [5.74, 6) is -0.332. The summed E-state index contributed by atoms with van der Waals surface area (Å²) in [6, 6.07) is 3.11. The third kappa shape index (κ3) is 2.85. The number of hydrogen-bond acceptors (Lipinski definition) is 3. The van der Waals surface area contributed by atoms with Crippen LogP contribution in [0.3, 0.4) is 0 Å². The first-order chi connectivity index (χ1) is 7.60. The van der Waals surface area contributed by atoms with Crippen LogP contribution in [0.25, 0.3) is 0 Å². The van der Waals surface area contributed by atoms with Crippen molar-refractivity contribution in [3.8, 4) is 11.5 Å². The SMILES string of the molecule is CCOc1c(CO)ccc(OC(C)C)c1F. The molecule has 0 aliphatic carbocycles. The standard InChI is InChI=1S/C12H17FO3/c1-4-15-12-9(7-14)5-6-10(11(12)13)16-8(2)3/h5-6,8,14H,4,7H2,1-3H3. The van der Waals surface area contributed by atoms with Crippen LogP contribution in [0, 0.1) is 5.82 Å². The van der Waals surface area contributed by atoms with Crippen LogP contribution in [0.2, 0.25) is 0 Å². The van der Waals surface area contributed by atoms with E-state index < -0.39 is 5.82 Å². The lowest BCUT2D eigenvalue weighted by Crippen LogP contribution is -2.09. The number of hydrogen-bond donors (Lipinski definition) is 1. The summed E-state index contributed by atoms with van der Waals surface area (Å²) < 4.78 is 24.4. The van der Waals surface area contributed by atoms with Crippen molar-refractivity contribution in [3.05, 3.63) is 23.5 Å². The third-order valence-corrected chi connectivity index (χ3v) is 1.96. The molecule has 16 heavy (non-hydrogen) atoms. The second-order valence-electron chi connectivity index (χ2n) is 3.62.